The number of carbonyl (C=O) groups excluding carboxylic acids is 2. The molecule has 4 rings (SSSR count). The second kappa shape index (κ2) is 11.9. The Bertz CT molecular complexity index is 1220. The number of hydrogen-bond donors (Lipinski definition) is 2. The highest BCUT2D eigenvalue weighted by atomic mass is 35.5. The molecular formula is C26H31Cl2N3O4S. The van der Waals surface area contributed by atoms with Crippen LogP contribution >= 0.6 is 23.2 Å². The van der Waals surface area contributed by atoms with E-state index in [0.717, 1.165) is 25.7 Å². The van der Waals surface area contributed by atoms with Gasteiger partial charge >= 0.3 is 0 Å². The molecule has 1 heterocycles. The van der Waals surface area contributed by atoms with E-state index in [9.17, 15) is 18.0 Å². The number of anilines is 1. The lowest BCUT2D eigenvalue weighted by Crippen LogP contribution is -2.44. The number of hydrogen-bond acceptors (Lipinski definition) is 4. The van der Waals surface area contributed by atoms with Gasteiger partial charge in [0.2, 0.25) is 15.9 Å². The van der Waals surface area contributed by atoms with Gasteiger partial charge in [0.05, 0.1) is 22.9 Å². The van der Waals surface area contributed by atoms with Gasteiger partial charge in [0.15, 0.2) is 0 Å². The van der Waals surface area contributed by atoms with Gasteiger partial charge < -0.3 is 10.6 Å². The molecule has 0 bridgehead atoms. The maximum Gasteiger partial charge on any atom is 0.253 e. The Kier molecular flexibility index (Phi) is 8.93. The van der Waals surface area contributed by atoms with Gasteiger partial charge in [-0.2, -0.15) is 0 Å². The SMILES string of the molecule is O=C(NC1CCCCC1)c1ccccc1NC(=O)[C@@H]1CCCN(S(=O)(=O)Cc2ccc(Cl)cc2Cl)C1. The lowest BCUT2D eigenvalue weighted by molar-refractivity contribution is -0.120. The van der Waals surface area contributed by atoms with E-state index in [1.807, 2.05) is 0 Å². The second-order valence-electron chi connectivity index (χ2n) is 9.53. The smallest absolute Gasteiger partial charge is 0.253 e. The lowest BCUT2D eigenvalue weighted by Gasteiger charge is -2.31. The summed E-state index contributed by atoms with van der Waals surface area (Å²) in [6.07, 6.45) is 6.47. The topological polar surface area (TPSA) is 95.6 Å². The Morgan fingerprint density at radius 3 is 2.47 bits per heavy atom. The van der Waals surface area contributed by atoms with Gasteiger partial charge in [-0.3, -0.25) is 9.59 Å². The quantitative estimate of drug-likeness (QED) is 0.492. The third-order valence-corrected chi connectivity index (χ3v) is 9.25. The Morgan fingerprint density at radius 1 is 0.972 bits per heavy atom. The molecule has 0 aromatic heterocycles. The normalized spacial score (nSPS) is 19.6. The average molecular weight is 553 g/mol. The van der Waals surface area contributed by atoms with Gasteiger partial charge in [0.1, 0.15) is 0 Å². The van der Waals surface area contributed by atoms with Gasteiger partial charge in [0, 0.05) is 29.2 Å². The first-order valence-corrected chi connectivity index (χ1v) is 14.7. The summed E-state index contributed by atoms with van der Waals surface area (Å²) in [5, 5.41) is 6.69. The number of sulfonamides is 1. The third-order valence-electron chi connectivity index (χ3n) is 6.87. The lowest BCUT2D eigenvalue weighted by atomic mass is 9.95. The maximum absolute atomic E-state index is 13.2. The highest BCUT2D eigenvalue weighted by Crippen LogP contribution is 2.27. The molecule has 1 atom stereocenters. The number of benzene rings is 2. The molecule has 36 heavy (non-hydrogen) atoms. The summed E-state index contributed by atoms with van der Waals surface area (Å²) in [5.41, 5.74) is 1.31. The van der Waals surface area contributed by atoms with Crippen molar-refractivity contribution < 1.29 is 18.0 Å². The van der Waals surface area contributed by atoms with E-state index in [0.29, 0.717) is 46.2 Å². The summed E-state index contributed by atoms with van der Waals surface area (Å²) in [6.45, 7) is 0.424. The Hall–Kier alpha value is -2.13. The van der Waals surface area contributed by atoms with Crippen molar-refractivity contribution in [2.75, 3.05) is 18.4 Å². The van der Waals surface area contributed by atoms with Crippen molar-refractivity contribution in [3.8, 4) is 0 Å². The summed E-state index contributed by atoms with van der Waals surface area (Å²) in [6, 6.07) is 11.8. The zero-order chi connectivity index (χ0) is 25.7. The van der Waals surface area contributed by atoms with Crippen LogP contribution in [0.5, 0.6) is 0 Å². The van der Waals surface area contributed by atoms with Crippen molar-refractivity contribution in [3.63, 3.8) is 0 Å². The summed E-state index contributed by atoms with van der Waals surface area (Å²) < 4.78 is 27.6. The molecule has 2 fully saturated rings. The number of rotatable bonds is 7. The molecule has 2 aliphatic rings. The van der Waals surface area contributed by atoms with Crippen molar-refractivity contribution in [1.29, 1.82) is 0 Å². The first-order chi connectivity index (χ1) is 17.2. The van der Waals surface area contributed by atoms with Crippen molar-refractivity contribution >= 4 is 50.7 Å². The molecule has 1 saturated heterocycles. The minimum Gasteiger partial charge on any atom is -0.349 e. The number of para-hydroxylation sites is 1. The van der Waals surface area contributed by atoms with Crippen LogP contribution in [0.25, 0.3) is 0 Å². The van der Waals surface area contributed by atoms with Crippen LogP contribution in [0.4, 0.5) is 5.69 Å². The van der Waals surface area contributed by atoms with Crippen LogP contribution in [-0.4, -0.2) is 43.7 Å². The maximum atomic E-state index is 13.2. The van der Waals surface area contributed by atoms with Crippen LogP contribution in [0.15, 0.2) is 42.5 Å². The predicted octanol–water partition coefficient (Wildman–Crippen LogP) is 5.24. The first-order valence-electron chi connectivity index (χ1n) is 12.4. The van der Waals surface area contributed by atoms with Crippen LogP contribution in [0.1, 0.15) is 60.9 Å². The fraction of sp³-hybridized carbons (Fsp3) is 0.462. The van der Waals surface area contributed by atoms with Crippen LogP contribution in [0.2, 0.25) is 10.0 Å². The van der Waals surface area contributed by atoms with E-state index in [1.165, 1.54) is 16.8 Å². The van der Waals surface area contributed by atoms with Gasteiger partial charge in [0.25, 0.3) is 5.91 Å². The van der Waals surface area contributed by atoms with Crippen molar-refractivity contribution in [2.24, 2.45) is 5.92 Å². The summed E-state index contributed by atoms with van der Waals surface area (Å²) in [7, 11) is -3.69. The molecule has 2 N–H and O–H groups in total. The molecule has 0 radical (unpaired) electrons. The zero-order valence-corrected chi connectivity index (χ0v) is 22.3. The summed E-state index contributed by atoms with van der Waals surface area (Å²) in [4.78, 5) is 26.1. The zero-order valence-electron chi connectivity index (χ0n) is 20.0. The highest BCUT2D eigenvalue weighted by Gasteiger charge is 2.33. The van der Waals surface area contributed by atoms with Gasteiger partial charge in [-0.05, 0) is 55.5 Å². The van der Waals surface area contributed by atoms with E-state index in [4.69, 9.17) is 23.2 Å². The Balaban J connectivity index is 1.41. The molecular weight excluding hydrogens is 521 g/mol. The Morgan fingerprint density at radius 2 is 1.72 bits per heavy atom. The largest absolute Gasteiger partial charge is 0.349 e. The molecule has 2 aromatic rings. The molecule has 7 nitrogen and oxygen atoms in total. The van der Waals surface area contributed by atoms with E-state index >= 15 is 0 Å². The third kappa shape index (κ3) is 6.79. The molecule has 1 aliphatic heterocycles. The molecule has 0 unspecified atom stereocenters. The van der Waals surface area contributed by atoms with Gasteiger partial charge in [-0.1, -0.05) is 60.7 Å². The number of nitrogens with zero attached hydrogens (tertiary/aromatic N) is 1. The van der Waals surface area contributed by atoms with E-state index in [-0.39, 0.29) is 30.2 Å². The number of halogens is 2. The standard InChI is InChI=1S/C26H31Cl2N3O4S/c27-20-13-12-19(23(28)15-20)17-36(34,35)31-14-6-7-18(16-31)25(32)30-24-11-5-4-10-22(24)26(33)29-21-8-2-1-3-9-21/h4-5,10-13,15,18,21H,1-3,6-9,14,16-17H2,(H,29,33)(H,30,32)/t18-/m1/s1. The van der Waals surface area contributed by atoms with Crippen LogP contribution in [0.3, 0.4) is 0 Å². The summed E-state index contributed by atoms with van der Waals surface area (Å²) in [5.74, 6) is -1.28. The summed E-state index contributed by atoms with van der Waals surface area (Å²) >= 11 is 12.1. The molecule has 2 aromatic carbocycles. The number of piperidine rings is 1. The number of carbonyl (C=O) groups is 2. The highest BCUT2D eigenvalue weighted by molar-refractivity contribution is 7.88. The minimum absolute atomic E-state index is 0.0792. The van der Waals surface area contributed by atoms with Crippen LogP contribution < -0.4 is 10.6 Å². The predicted molar refractivity (Wildman–Crippen MR) is 143 cm³/mol. The fourth-order valence-electron chi connectivity index (χ4n) is 4.87. The van der Waals surface area contributed by atoms with E-state index in [2.05, 4.69) is 10.6 Å². The van der Waals surface area contributed by atoms with E-state index < -0.39 is 15.9 Å². The first kappa shape index (κ1) is 26.9. The molecule has 0 spiro atoms. The van der Waals surface area contributed by atoms with Crippen LogP contribution in [0, 0.1) is 5.92 Å². The minimum atomic E-state index is -3.69. The second-order valence-corrected chi connectivity index (χ2v) is 12.3. The van der Waals surface area contributed by atoms with Crippen molar-refractivity contribution in [2.45, 2.75) is 56.7 Å². The monoisotopic (exact) mass is 551 g/mol. The molecule has 1 aliphatic carbocycles. The van der Waals surface area contributed by atoms with E-state index in [1.54, 1.807) is 36.4 Å². The van der Waals surface area contributed by atoms with Crippen molar-refractivity contribution in [1.82, 2.24) is 9.62 Å². The average Bonchev–Trinajstić information content (AvgIpc) is 2.87. The molecule has 2 amide bonds. The number of nitrogens with one attached hydrogen (secondary N) is 2. The Labute approximate surface area is 222 Å². The number of amides is 2. The van der Waals surface area contributed by atoms with Gasteiger partial charge in [-0.15, -0.1) is 0 Å². The molecule has 1 saturated carbocycles. The van der Waals surface area contributed by atoms with Gasteiger partial charge in [-0.25, -0.2) is 12.7 Å². The molecule has 10 heteroatoms. The fourth-order valence-corrected chi connectivity index (χ4v) is 7.07. The van der Waals surface area contributed by atoms with Crippen LogP contribution in [-0.2, 0) is 20.6 Å². The van der Waals surface area contributed by atoms with Crippen molar-refractivity contribution in [3.05, 3.63) is 63.6 Å². The molecule has 194 valence electrons.